The average Bonchev–Trinajstić information content (AvgIpc) is 3.05. The Morgan fingerprint density at radius 2 is 1.42 bits per heavy atom. The van der Waals surface area contributed by atoms with Gasteiger partial charge in [0.2, 0.25) is 0 Å². The fourth-order valence-corrected chi connectivity index (χ4v) is 6.05. The highest BCUT2D eigenvalue weighted by molar-refractivity contribution is 7.91. The molecule has 0 radical (unpaired) electrons. The summed E-state index contributed by atoms with van der Waals surface area (Å²) in [4.78, 5) is 3.71. The molecule has 2 aromatic carbocycles. The molecule has 8 heteroatoms. The first-order chi connectivity index (χ1) is 12.4. The van der Waals surface area contributed by atoms with Gasteiger partial charge in [0.25, 0.3) is 0 Å². The van der Waals surface area contributed by atoms with Crippen LogP contribution in [0.2, 0.25) is 0 Å². The number of benzene rings is 2. The highest BCUT2D eigenvalue weighted by Crippen LogP contribution is 2.38. The number of rotatable bonds is 3. The second kappa shape index (κ2) is 6.21. The molecule has 4 rings (SSSR count). The second-order valence-electron chi connectivity index (χ2n) is 6.41. The van der Waals surface area contributed by atoms with Crippen molar-refractivity contribution in [3.05, 3.63) is 54.3 Å². The Labute approximate surface area is 156 Å². The lowest BCUT2D eigenvalue weighted by Gasteiger charge is -2.25. The molecule has 136 valence electrons. The van der Waals surface area contributed by atoms with Crippen LogP contribution in [0.15, 0.2) is 48.5 Å². The first kappa shape index (κ1) is 17.2. The van der Waals surface area contributed by atoms with Crippen LogP contribution in [0.1, 0.15) is 0 Å². The lowest BCUT2D eigenvalue weighted by Crippen LogP contribution is -2.37. The zero-order valence-electron chi connectivity index (χ0n) is 14.0. The van der Waals surface area contributed by atoms with Gasteiger partial charge in [0.15, 0.2) is 14.9 Å². The summed E-state index contributed by atoms with van der Waals surface area (Å²) in [5.41, 5.74) is 1.51. The summed E-state index contributed by atoms with van der Waals surface area (Å²) in [7, 11) is -1.58. The van der Waals surface area contributed by atoms with E-state index in [0.29, 0.717) is 16.5 Å². The van der Waals surface area contributed by atoms with Crippen LogP contribution in [0, 0.1) is 5.82 Å². The van der Waals surface area contributed by atoms with Gasteiger partial charge < -0.3 is 14.5 Å². The molecule has 26 heavy (non-hydrogen) atoms. The summed E-state index contributed by atoms with van der Waals surface area (Å²) in [6, 6.07) is 12.8. The lowest BCUT2D eigenvalue weighted by atomic mass is 10.1. The number of thiocarbonyl (C=S) groups is 1. The molecule has 0 aromatic heterocycles. The van der Waals surface area contributed by atoms with Crippen molar-refractivity contribution in [3.63, 3.8) is 0 Å². The molecular formula is C18H17FN2O3S2. The second-order valence-corrected chi connectivity index (χ2v) is 8.93. The van der Waals surface area contributed by atoms with Crippen molar-refractivity contribution in [3.8, 4) is 5.75 Å². The van der Waals surface area contributed by atoms with Gasteiger partial charge in [-0.1, -0.05) is 0 Å². The van der Waals surface area contributed by atoms with Crippen LogP contribution in [-0.2, 0) is 9.84 Å². The number of fused-ring (bicyclic) bond motifs is 1. The largest absolute Gasteiger partial charge is 0.497 e. The van der Waals surface area contributed by atoms with Crippen molar-refractivity contribution < 1.29 is 17.5 Å². The van der Waals surface area contributed by atoms with Crippen LogP contribution in [-0.4, -0.2) is 44.2 Å². The minimum atomic E-state index is -3.17. The van der Waals surface area contributed by atoms with Crippen molar-refractivity contribution in [2.24, 2.45) is 0 Å². The van der Waals surface area contributed by atoms with Crippen LogP contribution in [0.25, 0.3) is 0 Å². The van der Waals surface area contributed by atoms with Crippen molar-refractivity contribution in [1.29, 1.82) is 0 Å². The molecule has 5 nitrogen and oxygen atoms in total. The monoisotopic (exact) mass is 392 g/mol. The molecule has 0 saturated carbocycles. The van der Waals surface area contributed by atoms with Crippen molar-refractivity contribution in [1.82, 2.24) is 0 Å². The van der Waals surface area contributed by atoms with Crippen LogP contribution in [0.5, 0.6) is 5.75 Å². The summed E-state index contributed by atoms with van der Waals surface area (Å²) in [5.74, 6) is 0.440. The van der Waals surface area contributed by atoms with Crippen molar-refractivity contribution in [2.75, 3.05) is 28.4 Å². The summed E-state index contributed by atoms with van der Waals surface area (Å²) < 4.78 is 43.1. The first-order valence-corrected chi connectivity index (χ1v) is 10.3. The molecule has 0 bridgehead atoms. The quantitative estimate of drug-likeness (QED) is 0.749. The zero-order valence-corrected chi connectivity index (χ0v) is 15.6. The maximum Gasteiger partial charge on any atom is 0.181 e. The minimum absolute atomic E-state index is 0.0296. The Bertz CT molecular complexity index is 945. The Balaban J connectivity index is 1.77. The Morgan fingerprint density at radius 1 is 0.962 bits per heavy atom. The minimum Gasteiger partial charge on any atom is -0.497 e. The third-order valence-corrected chi connectivity index (χ3v) is 6.92. The normalized spacial score (nSPS) is 24.0. The number of nitrogens with zero attached hydrogens (tertiary/aromatic N) is 2. The van der Waals surface area contributed by atoms with Crippen molar-refractivity contribution >= 4 is 38.5 Å². The van der Waals surface area contributed by atoms with E-state index >= 15 is 0 Å². The number of halogens is 1. The van der Waals surface area contributed by atoms with Gasteiger partial charge in [-0.15, -0.1) is 0 Å². The van der Waals surface area contributed by atoms with E-state index in [1.165, 1.54) is 12.1 Å². The SMILES string of the molecule is COc1ccc(N2C(=S)N(c3ccc(F)cc3)[C@H]3CS(=O)(=O)C[C@H]32)cc1. The Morgan fingerprint density at radius 3 is 1.88 bits per heavy atom. The van der Waals surface area contributed by atoms with Crippen molar-refractivity contribution in [2.45, 2.75) is 12.1 Å². The van der Waals surface area contributed by atoms with E-state index in [0.717, 1.165) is 5.69 Å². The summed E-state index contributed by atoms with van der Waals surface area (Å²) in [5, 5.41) is 0.520. The molecule has 0 aliphatic carbocycles. The summed E-state index contributed by atoms with van der Waals surface area (Å²) in [6.45, 7) is 0. The Kier molecular flexibility index (Phi) is 4.11. The number of ether oxygens (including phenoxy) is 1. The highest BCUT2D eigenvalue weighted by Gasteiger charge is 2.52. The summed E-state index contributed by atoms with van der Waals surface area (Å²) in [6.07, 6.45) is 0. The standard InChI is InChI=1S/C18H17FN2O3S2/c1-24-15-8-6-14(7-9-15)21-17-11-26(22,23)10-16(17)20(18(21)25)13-4-2-12(19)3-5-13/h2-9,16-17H,10-11H2,1H3/t16-,17+/m0/s1. The zero-order chi connectivity index (χ0) is 18.5. The van der Waals surface area contributed by atoms with E-state index in [1.54, 1.807) is 19.2 Å². The smallest absolute Gasteiger partial charge is 0.181 e. The fourth-order valence-electron chi connectivity index (χ4n) is 3.65. The molecule has 0 unspecified atom stereocenters. The molecule has 2 aromatic rings. The fraction of sp³-hybridized carbons (Fsp3) is 0.278. The van der Waals surface area contributed by atoms with Gasteiger partial charge in [-0.25, -0.2) is 12.8 Å². The van der Waals surface area contributed by atoms with Gasteiger partial charge in [0, 0.05) is 11.4 Å². The lowest BCUT2D eigenvalue weighted by molar-refractivity contribution is 0.415. The van der Waals surface area contributed by atoms with Gasteiger partial charge in [-0.3, -0.25) is 0 Å². The molecule has 0 N–H and O–H groups in total. The third-order valence-electron chi connectivity index (χ3n) is 4.82. The van der Waals surface area contributed by atoms with Crippen LogP contribution in [0.3, 0.4) is 0 Å². The van der Waals surface area contributed by atoms with Crippen LogP contribution < -0.4 is 14.5 Å². The Hall–Kier alpha value is -2.19. The van der Waals surface area contributed by atoms with Crippen LogP contribution >= 0.6 is 12.2 Å². The topological polar surface area (TPSA) is 49.9 Å². The number of hydrogen-bond acceptors (Lipinski definition) is 4. The molecule has 2 fully saturated rings. The number of hydrogen-bond donors (Lipinski definition) is 0. The maximum absolute atomic E-state index is 13.3. The number of methoxy groups -OCH3 is 1. The predicted octanol–water partition coefficient (Wildman–Crippen LogP) is 2.61. The number of sulfone groups is 1. The van der Waals surface area contributed by atoms with Gasteiger partial charge in [-0.05, 0) is 60.7 Å². The number of anilines is 2. The molecule has 2 aliphatic rings. The van der Waals surface area contributed by atoms with E-state index in [1.807, 2.05) is 34.1 Å². The van der Waals surface area contributed by atoms with Gasteiger partial charge >= 0.3 is 0 Å². The molecule has 2 heterocycles. The van der Waals surface area contributed by atoms with E-state index in [2.05, 4.69) is 0 Å². The molecule has 0 spiro atoms. The summed E-state index contributed by atoms with van der Waals surface area (Å²) >= 11 is 5.68. The van der Waals surface area contributed by atoms with E-state index in [-0.39, 0.29) is 29.4 Å². The van der Waals surface area contributed by atoms with Gasteiger partial charge in [0.1, 0.15) is 11.6 Å². The van der Waals surface area contributed by atoms with Gasteiger partial charge in [-0.2, -0.15) is 0 Å². The molecule has 2 atom stereocenters. The third kappa shape index (κ3) is 2.83. The van der Waals surface area contributed by atoms with E-state index in [9.17, 15) is 12.8 Å². The average molecular weight is 392 g/mol. The highest BCUT2D eigenvalue weighted by atomic mass is 32.2. The molecule has 2 saturated heterocycles. The first-order valence-electron chi connectivity index (χ1n) is 8.12. The molecular weight excluding hydrogens is 375 g/mol. The van der Waals surface area contributed by atoms with E-state index < -0.39 is 9.84 Å². The maximum atomic E-state index is 13.3. The predicted molar refractivity (Wildman–Crippen MR) is 103 cm³/mol. The molecule has 0 amide bonds. The van der Waals surface area contributed by atoms with E-state index in [4.69, 9.17) is 17.0 Å². The van der Waals surface area contributed by atoms with Gasteiger partial charge in [0.05, 0.1) is 30.7 Å². The van der Waals surface area contributed by atoms with Crippen LogP contribution in [0.4, 0.5) is 15.8 Å². The molecule has 2 aliphatic heterocycles.